The molecular formula is C24H22O. The van der Waals surface area contributed by atoms with Crippen LogP contribution in [-0.4, -0.2) is 5.11 Å². The van der Waals surface area contributed by atoms with E-state index in [0.29, 0.717) is 11.7 Å². The fourth-order valence-electron chi connectivity index (χ4n) is 3.89. The van der Waals surface area contributed by atoms with Gasteiger partial charge < -0.3 is 5.11 Å². The molecule has 3 aromatic rings. The molecule has 124 valence electrons. The minimum absolute atomic E-state index is 0.321. The fourth-order valence-corrected chi connectivity index (χ4v) is 3.89. The van der Waals surface area contributed by atoms with Gasteiger partial charge in [-0.25, -0.2) is 0 Å². The van der Waals surface area contributed by atoms with Gasteiger partial charge >= 0.3 is 0 Å². The molecule has 1 atom stereocenters. The molecule has 0 fully saturated rings. The van der Waals surface area contributed by atoms with Gasteiger partial charge in [0.1, 0.15) is 5.75 Å². The highest BCUT2D eigenvalue weighted by atomic mass is 16.3. The maximum atomic E-state index is 9.60. The van der Waals surface area contributed by atoms with Crippen LogP contribution in [0.1, 0.15) is 41.5 Å². The molecule has 0 saturated heterocycles. The summed E-state index contributed by atoms with van der Waals surface area (Å²) in [5.74, 6) is 0.645. The molecule has 0 aliphatic heterocycles. The Morgan fingerprint density at radius 3 is 2.20 bits per heavy atom. The van der Waals surface area contributed by atoms with Gasteiger partial charge in [0, 0.05) is 5.92 Å². The lowest BCUT2D eigenvalue weighted by Crippen LogP contribution is -2.11. The summed E-state index contributed by atoms with van der Waals surface area (Å²) in [6, 6.07) is 27.1. The number of hydrogen-bond acceptors (Lipinski definition) is 1. The van der Waals surface area contributed by atoms with Crippen LogP contribution < -0.4 is 0 Å². The summed E-state index contributed by atoms with van der Waals surface area (Å²) in [4.78, 5) is 0. The Morgan fingerprint density at radius 2 is 1.44 bits per heavy atom. The van der Waals surface area contributed by atoms with Crippen LogP contribution in [0.5, 0.6) is 5.75 Å². The summed E-state index contributed by atoms with van der Waals surface area (Å²) < 4.78 is 0. The number of allylic oxidation sites excluding steroid dienone is 1. The number of aryl methyl sites for hydroxylation is 1. The molecule has 0 spiro atoms. The average molecular weight is 326 g/mol. The molecule has 0 bridgehead atoms. The molecular weight excluding hydrogens is 304 g/mol. The highest BCUT2D eigenvalue weighted by molar-refractivity contribution is 5.85. The van der Waals surface area contributed by atoms with Crippen molar-refractivity contribution in [1.82, 2.24) is 0 Å². The van der Waals surface area contributed by atoms with E-state index >= 15 is 0 Å². The molecule has 0 radical (unpaired) electrons. The second-order valence-corrected chi connectivity index (χ2v) is 6.74. The number of fused-ring (bicyclic) bond motifs is 1. The first-order chi connectivity index (χ1) is 12.2. The monoisotopic (exact) mass is 326 g/mol. The molecule has 1 heteroatoms. The first kappa shape index (κ1) is 15.7. The minimum atomic E-state index is 0.321. The second kappa shape index (κ2) is 6.60. The molecule has 0 saturated carbocycles. The molecule has 3 aromatic carbocycles. The number of phenolic OH excluding ortho intramolecular Hbond substituents is 1. The molecule has 0 amide bonds. The summed E-state index contributed by atoms with van der Waals surface area (Å²) >= 11 is 0. The maximum absolute atomic E-state index is 9.60. The third-order valence-electron chi connectivity index (χ3n) is 5.25. The number of benzene rings is 3. The average Bonchev–Trinajstić information content (AvgIpc) is 2.68. The first-order valence-corrected chi connectivity index (χ1v) is 8.89. The van der Waals surface area contributed by atoms with E-state index in [1.54, 1.807) is 12.1 Å². The third-order valence-corrected chi connectivity index (χ3v) is 5.25. The maximum Gasteiger partial charge on any atom is 0.115 e. The van der Waals surface area contributed by atoms with Gasteiger partial charge in [0.15, 0.2) is 0 Å². The van der Waals surface area contributed by atoms with E-state index in [1.807, 2.05) is 12.1 Å². The van der Waals surface area contributed by atoms with Crippen LogP contribution in [-0.2, 0) is 6.42 Å². The lowest BCUT2D eigenvalue weighted by Gasteiger charge is -2.28. The largest absolute Gasteiger partial charge is 0.508 e. The van der Waals surface area contributed by atoms with Gasteiger partial charge in [-0.1, -0.05) is 79.2 Å². The Kier molecular flexibility index (Phi) is 4.15. The second-order valence-electron chi connectivity index (χ2n) is 6.74. The lowest BCUT2D eigenvalue weighted by molar-refractivity contribution is 0.475. The Hall–Kier alpha value is -2.80. The predicted octanol–water partition coefficient (Wildman–Crippen LogP) is 5.94. The highest BCUT2D eigenvalue weighted by Crippen LogP contribution is 2.42. The number of aromatic hydroxyl groups is 1. The van der Waals surface area contributed by atoms with E-state index in [4.69, 9.17) is 0 Å². The van der Waals surface area contributed by atoms with Gasteiger partial charge in [0.2, 0.25) is 0 Å². The van der Waals surface area contributed by atoms with Crippen molar-refractivity contribution in [2.24, 2.45) is 0 Å². The van der Waals surface area contributed by atoms with Crippen LogP contribution in [0.2, 0.25) is 0 Å². The Morgan fingerprint density at radius 1 is 0.760 bits per heavy atom. The van der Waals surface area contributed by atoms with Crippen molar-refractivity contribution >= 4 is 5.57 Å². The molecule has 25 heavy (non-hydrogen) atoms. The third kappa shape index (κ3) is 2.98. The molecule has 1 N–H and O–H groups in total. The zero-order valence-electron chi connectivity index (χ0n) is 14.4. The minimum Gasteiger partial charge on any atom is -0.508 e. The molecule has 4 rings (SSSR count). The van der Waals surface area contributed by atoms with E-state index in [9.17, 15) is 5.11 Å². The van der Waals surface area contributed by atoms with Crippen molar-refractivity contribution in [3.05, 3.63) is 107 Å². The van der Waals surface area contributed by atoms with Gasteiger partial charge in [-0.3, -0.25) is 0 Å². The Balaban J connectivity index is 1.89. The predicted molar refractivity (Wildman–Crippen MR) is 104 cm³/mol. The molecule has 1 nitrogen and oxygen atoms in total. The topological polar surface area (TPSA) is 20.2 Å². The van der Waals surface area contributed by atoms with Gasteiger partial charge in [0.05, 0.1) is 0 Å². The van der Waals surface area contributed by atoms with Crippen molar-refractivity contribution in [2.75, 3.05) is 0 Å². The van der Waals surface area contributed by atoms with Gasteiger partial charge in [-0.05, 0) is 52.8 Å². The van der Waals surface area contributed by atoms with Crippen molar-refractivity contribution in [3.8, 4) is 5.75 Å². The van der Waals surface area contributed by atoms with Crippen LogP contribution in [0.4, 0.5) is 0 Å². The van der Waals surface area contributed by atoms with Gasteiger partial charge in [-0.2, -0.15) is 0 Å². The van der Waals surface area contributed by atoms with Crippen LogP contribution >= 0.6 is 0 Å². The molecule has 1 aliphatic carbocycles. The summed E-state index contributed by atoms with van der Waals surface area (Å²) in [6.07, 6.45) is 2.16. The van der Waals surface area contributed by atoms with Crippen molar-refractivity contribution in [2.45, 2.75) is 25.7 Å². The van der Waals surface area contributed by atoms with Crippen LogP contribution in [0, 0.1) is 0 Å². The fraction of sp³-hybridized carbons (Fsp3) is 0.167. The van der Waals surface area contributed by atoms with Crippen molar-refractivity contribution in [3.63, 3.8) is 0 Å². The highest BCUT2D eigenvalue weighted by Gasteiger charge is 2.24. The van der Waals surface area contributed by atoms with E-state index in [0.717, 1.165) is 12.8 Å². The number of rotatable bonds is 3. The summed E-state index contributed by atoms with van der Waals surface area (Å²) in [7, 11) is 0. The summed E-state index contributed by atoms with van der Waals surface area (Å²) in [5.41, 5.74) is 8.19. The van der Waals surface area contributed by atoms with E-state index in [-0.39, 0.29) is 0 Å². The standard InChI is InChI=1S/C24H22O/c1-17(18-11-14-21(25)15-12-18)22-16-13-19-7-5-6-10-23(19)24(22)20-8-3-2-4-9-20/h2-12,14-15,17,25H,13,16H2,1H3. The SMILES string of the molecule is CC(C1=C(c2ccccc2)c2ccccc2CC1)c1ccc(O)cc1. The summed E-state index contributed by atoms with van der Waals surface area (Å²) in [6.45, 7) is 2.28. The van der Waals surface area contributed by atoms with E-state index in [1.165, 1.54) is 33.4 Å². The van der Waals surface area contributed by atoms with Crippen molar-refractivity contribution in [1.29, 1.82) is 0 Å². The van der Waals surface area contributed by atoms with Gasteiger partial charge in [-0.15, -0.1) is 0 Å². The first-order valence-electron chi connectivity index (χ1n) is 8.89. The summed E-state index contributed by atoms with van der Waals surface area (Å²) in [5, 5.41) is 9.60. The zero-order valence-corrected chi connectivity index (χ0v) is 14.4. The number of hydrogen-bond donors (Lipinski definition) is 1. The lowest BCUT2D eigenvalue weighted by atomic mass is 9.76. The van der Waals surface area contributed by atoms with E-state index in [2.05, 4.69) is 61.5 Å². The molecule has 0 heterocycles. The quantitative estimate of drug-likeness (QED) is 0.631. The molecule has 0 aromatic heterocycles. The Bertz CT molecular complexity index is 904. The normalized spacial score (nSPS) is 14.9. The van der Waals surface area contributed by atoms with Crippen LogP contribution in [0.25, 0.3) is 5.57 Å². The zero-order chi connectivity index (χ0) is 17.2. The molecule has 1 unspecified atom stereocenters. The van der Waals surface area contributed by atoms with Crippen LogP contribution in [0.3, 0.4) is 0 Å². The Labute approximate surface area is 149 Å². The molecule has 1 aliphatic rings. The van der Waals surface area contributed by atoms with E-state index < -0.39 is 0 Å². The van der Waals surface area contributed by atoms with Crippen molar-refractivity contribution < 1.29 is 5.11 Å². The smallest absolute Gasteiger partial charge is 0.115 e. The van der Waals surface area contributed by atoms with Gasteiger partial charge in [0.25, 0.3) is 0 Å². The number of phenols is 1. The van der Waals surface area contributed by atoms with Crippen LogP contribution in [0.15, 0.2) is 84.4 Å².